The maximum Gasteiger partial charge on any atom is 0.130 e. The van der Waals surface area contributed by atoms with Crippen LogP contribution in [0.15, 0.2) is 54.6 Å². The van der Waals surface area contributed by atoms with Crippen molar-refractivity contribution in [2.75, 3.05) is 0 Å². The van der Waals surface area contributed by atoms with E-state index in [9.17, 15) is 4.79 Å². The molecule has 0 aromatic heterocycles. The van der Waals surface area contributed by atoms with Crippen LogP contribution in [0.2, 0.25) is 0 Å². The van der Waals surface area contributed by atoms with Gasteiger partial charge in [0, 0.05) is 6.42 Å². The minimum atomic E-state index is -0.0962. The van der Waals surface area contributed by atoms with E-state index >= 15 is 0 Å². The van der Waals surface area contributed by atoms with Gasteiger partial charge in [0.05, 0.1) is 0 Å². The first-order valence-electron chi connectivity index (χ1n) is 6.64. The highest BCUT2D eigenvalue weighted by atomic mass is 16.1. The molecule has 2 aromatic rings. The van der Waals surface area contributed by atoms with Gasteiger partial charge in [-0.3, -0.25) is 4.79 Å². The van der Waals surface area contributed by atoms with Crippen LogP contribution in [0, 0.1) is 0 Å². The molecule has 0 N–H and O–H groups in total. The van der Waals surface area contributed by atoms with Crippen LogP contribution >= 0.6 is 0 Å². The number of ketones is 1. The molecule has 2 rings (SSSR count). The van der Waals surface area contributed by atoms with Crippen molar-refractivity contribution < 1.29 is 4.79 Å². The standard InChI is InChI=1S/C18H20O/c1-14(19)13-18(2,3)17-11-9-16(10-12-17)15-7-5-4-6-8-15/h4-12H,13H2,1-3H3. The van der Waals surface area contributed by atoms with Crippen LogP contribution in [0.4, 0.5) is 0 Å². The molecular formula is C18H20O. The molecule has 0 atom stereocenters. The lowest BCUT2D eigenvalue weighted by molar-refractivity contribution is -0.118. The maximum atomic E-state index is 11.3. The Morgan fingerprint density at radius 2 is 1.42 bits per heavy atom. The fourth-order valence-electron chi connectivity index (χ4n) is 2.47. The zero-order chi connectivity index (χ0) is 13.9. The maximum absolute atomic E-state index is 11.3. The molecule has 0 aliphatic carbocycles. The fourth-order valence-corrected chi connectivity index (χ4v) is 2.47. The van der Waals surface area contributed by atoms with Gasteiger partial charge < -0.3 is 0 Å². The molecule has 0 saturated heterocycles. The lowest BCUT2D eigenvalue weighted by atomic mass is 9.80. The fraction of sp³-hybridized carbons (Fsp3) is 0.278. The number of benzene rings is 2. The Hall–Kier alpha value is -1.89. The summed E-state index contributed by atoms with van der Waals surface area (Å²) >= 11 is 0. The van der Waals surface area contributed by atoms with E-state index in [4.69, 9.17) is 0 Å². The Balaban J connectivity index is 2.26. The molecule has 0 radical (unpaired) electrons. The third kappa shape index (κ3) is 3.31. The second-order valence-electron chi connectivity index (χ2n) is 5.71. The number of Topliss-reactive ketones (excluding diaryl/α,β-unsaturated/α-hetero) is 1. The summed E-state index contributed by atoms with van der Waals surface area (Å²) in [6, 6.07) is 18.8. The highest BCUT2D eigenvalue weighted by Crippen LogP contribution is 2.29. The van der Waals surface area contributed by atoms with E-state index in [-0.39, 0.29) is 11.2 Å². The second kappa shape index (κ2) is 5.40. The molecule has 0 amide bonds. The number of carbonyl (C=O) groups excluding carboxylic acids is 1. The van der Waals surface area contributed by atoms with Gasteiger partial charge in [0.25, 0.3) is 0 Å². The Bertz CT molecular complexity index is 550. The van der Waals surface area contributed by atoms with Gasteiger partial charge in [0.2, 0.25) is 0 Å². The van der Waals surface area contributed by atoms with E-state index < -0.39 is 0 Å². The van der Waals surface area contributed by atoms with Gasteiger partial charge in [-0.2, -0.15) is 0 Å². The van der Waals surface area contributed by atoms with Crippen LogP contribution in [0.3, 0.4) is 0 Å². The smallest absolute Gasteiger partial charge is 0.130 e. The van der Waals surface area contributed by atoms with E-state index in [0.717, 1.165) is 0 Å². The Morgan fingerprint density at radius 3 is 1.95 bits per heavy atom. The molecule has 0 heterocycles. The molecule has 0 spiro atoms. The van der Waals surface area contributed by atoms with Gasteiger partial charge >= 0.3 is 0 Å². The van der Waals surface area contributed by atoms with Crippen molar-refractivity contribution in [3.05, 3.63) is 60.2 Å². The zero-order valence-corrected chi connectivity index (χ0v) is 11.8. The molecule has 0 fully saturated rings. The van der Waals surface area contributed by atoms with Crippen LogP contribution in [0.25, 0.3) is 11.1 Å². The third-order valence-electron chi connectivity index (χ3n) is 3.46. The number of rotatable bonds is 4. The SMILES string of the molecule is CC(=O)CC(C)(C)c1ccc(-c2ccccc2)cc1. The van der Waals surface area contributed by atoms with Crippen LogP contribution in [0.5, 0.6) is 0 Å². The summed E-state index contributed by atoms with van der Waals surface area (Å²) in [5.41, 5.74) is 3.55. The zero-order valence-electron chi connectivity index (χ0n) is 11.8. The summed E-state index contributed by atoms with van der Waals surface area (Å²) in [4.78, 5) is 11.3. The third-order valence-corrected chi connectivity index (χ3v) is 3.46. The molecule has 1 nitrogen and oxygen atoms in total. The summed E-state index contributed by atoms with van der Waals surface area (Å²) in [6.07, 6.45) is 0.581. The van der Waals surface area contributed by atoms with Crippen molar-refractivity contribution in [2.24, 2.45) is 0 Å². The minimum absolute atomic E-state index is 0.0962. The Labute approximate surface area is 115 Å². The van der Waals surface area contributed by atoms with Crippen molar-refractivity contribution in [1.29, 1.82) is 0 Å². The van der Waals surface area contributed by atoms with Crippen LogP contribution in [0.1, 0.15) is 32.8 Å². The van der Waals surface area contributed by atoms with Crippen molar-refractivity contribution in [2.45, 2.75) is 32.6 Å². The molecule has 0 saturated carbocycles. The van der Waals surface area contributed by atoms with Crippen LogP contribution in [-0.2, 0) is 10.2 Å². The first kappa shape index (κ1) is 13.5. The molecule has 0 aliphatic rings. The van der Waals surface area contributed by atoms with E-state index in [1.165, 1.54) is 16.7 Å². The summed E-state index contributed by atoms with van der Waals surface area (Å²) < 4.78 is 0. The average Bonchev–Trinajstić information content (AvgIpc) is 2.38. The van der Waals surface area contributed by atoms with E-state index in [1.807, 2.05) is 18.2 Å². The summed E-state index contributed by atoms with van der Waals surface area (Å²) in [5, 5.41) is 0. The molecule has 2 aromatic carbocycles. The number of hydrogen-bond donors (Lipinski definition) is 0. The molecule has 98 valence electrons. The first-order chi connectivity index (χ1) is 8.99. The van der Waals surface area contributed by atoms with Crippen molar-refractivity contribution >= 4 is 5.78 Å². The predicted octanol–water partition coefficient (Wildman–Crippen LogP) is 4.61. The van der Waals surface area contributed by atoms with Gasteiger partial charge in [0.15, 0.2) is 0 Å². The molecule has 0 aliphatic heterocycles. The lowest BCUT2D eigenvalue weighted by Gasteiger charge is -2.24. The summed E-state index contributed by atoms with van der Waals surface area (Å²) in [7, 11) is 0. The van der Waals surface area contributed by atoms with Gasteiger partial charge in [-0.05, 0) is 29.0 Å². The van der Waals surface area contributed by atoms with Gasteiger partial charge in [-0.1, -0.05) is 68.4 Å². The number of carbonyl (C=O) groups is 1. The molecule has 19 heavy (non-hydrogen) atoms. The quantitative estimate of drug-likeness (QED) is 0.776. The Kier molecular flexibility index (Phi) is 3.84. The van der Waals surface area contributed by atoms with E-state index in [0.29, 0.717) is 6.42 Å². The molecular weight excluding hydrogens is 232 g/mol. The second-order valence-corrected chi connectivity index (χ2v) is 5.71. The van der Waals surface area contributed by atoms with Crippen LogP contribution < -0.4 is 0 Å². The number of hydrogen-bond acceptors (Lipinski definition) is 1. The normalized spacial score (nSPS) is 11.3. The minimum Gasteiger partial charge on any atom is -0.300 e. The van der Waals surface area contributed by atoms with Crippen molar-refractivity contribution in [3.8, 4) is 11.1 Å². The highest BCUT2D eigenvalue weighted by molar-refractivity contribution is 5.77. The molecule has 0 bridgehead atoms. The largest absolute Gasteiger partial charge is 0.300 e. The van der Waals surface area contributed by atoms with Crippen molar-refractivity contribution in [3.63, 3.8) is 0 Å². The summed E-state index contributed by atoms with van der Waals surface area (Å²) in [5.74, 6) is 0.233. The highest BCUT2D eigenvalue weighted by Gasteiger charge is 2.22. The first-order valence-corrected chi connectivity index (χ1v) is 6.64. The predicted molar refractivity (Wildman–Crippen MR) is 80.2 cm³/mol. The Morgan fingerprint density at radius 1 is 0.895 bits per heavy atom. The lowest BCUT2D eigenvalue weighted by Crippen LogP contribution is -2.20. The van der Waals surface area contributed by atoms with Crippen LogP contribution in [-0.4, -0.2) is 5.78 Å². The van der Waals surface area contributed by atoms with E-state index in [1.54, 1.807) is 6.92 Å². The molecule has 1 heteroatoms. The van der Waals surface area contributed by atoms with E-state index in [2.05, 4.69) is 50.2 Å². The monoisotopic (exact) mass is 252 g/mol. The van der Waals surface area contributed by atoms with Crippen molar-refractivity contribution in [1.82, 2.24) is 0 Å². The van der Waals surface area contributed by atoms with Gasteiger partial charge in [0.1, 0.15) is 5.78 Å². The van der Waals surface area contributed by atoms with Gasteiger partial charge in [-0.25, -0.2) is 0 Å². The molecule has 0 unspecified atom stereocenters. The topological polar surface area (TPSA) is 17.1 Å². The average molecular weight is 252 g/mol. The summed E-state index contributed by atoms with van der Waals surface area (Å²) in [6.45, 7) is 5.89. The van der Waals surface area contributed by atoms with Gasteiger partial charge in [-0.15, -0.1) is 0 Å².